The van der Waals surface area contributed by atoms with Crippen molar-refractivity contribution in [1.82, 2.24) is 10.3 Å². The van der Waals surface area contributed by atoms with E-state index in [0.29, 0.717) is 22.9 Å². The van der Waals surface area contributed by atoms with Gasteiger partial charge in [-0.15, -0.1) is 0 Å². The second kappa shape index (κ2) is 12.8. The summed E-state index contributed by atoms with van der Waals surface area (Å²) in [5, 5.41) is 5.91. The van der Waals surface area contributed by atoms with Crippen LogP contribution in [0.1, 0.15) is 71.8 Å². The number of amides is 2. The van der Waals surface area contributed by atoms with Crippen molar-refractivity contribution < 1.29 is 9.59 Å². The van der Waals surface area contributed by atoms with E-state index in [1.54, 1.807) is 0 Å². The molecule has 40 heavy (non-hydrogen) atoms. The molecule has 0 spiro atoms. The molecule has 1 saturated carbocycles. The number of aromatic nitrogens is 1. The maximum absolute atomic E-state index is 14.0. The number of H-pyrrole nitrogens is 1. The van der Waals surface area contributed by atoms with Gasteiger partial charge in [0.25, 0.3) is 11.5 Å². The number of carbonyl (C=O) groups is 2. The van der Waals surface area contributed by atoms with E-state index in [9.17, 15) is 14.4 Å². The largest absolute Gasteiger partial charge is 0.369 e. The van der Waals surface area contributed by atoms with Gasteiger partial charge in [0.15, 0.2) is 0 Å². The third-order valence-corrected chi connectivity index (χ3v) is 7.89. The van der Waals surface area contributed by atoms with Crippen LogP contribution in [0.15, 0.2) is 59.9 Å². The molecule has 0 radical (unpaired) electrons. The van der Waals surface area contributed by atoms with E-state index in [-0.39, 0.29) is 18.0 Å². The van der Waals surface area contributed by atoms with E-state index in [4.69, 9.17) is 0 Å². The van der Waals surface area contributed by atoms with Crippen molar-refractivity contribution >= 4 is 23.2 Å². The number of aryl methyl sites for hydroxylation is 2. The van der Waals surface area contributed by atoms with Gasteiger partial charge in [0.05, 0.1) is 11.3 Å². The zero-order valence-corrected chi connectivity index (χ0v) is 24.0. The average Bonchev–Trinajstić information content (AvgIpc) is 2.95. The Bertz CT molecular complexity index is 1450. The highest BCUT2D eigenvalue weighted by Gasteiger charge is 2.28. The Hall–Kier alpha value is -4.13. The summed E-state index contributed by atoms with van der Waals surface area (Å²) < 4.78 is 0. The first-order valence-electron chi connectivity index (χ1n) is 14.2. The number of aromatic amines is 1. The minimum atomic E-state index is -0.399. The molecule has 4 rings (SSSR count). The number of rotatable bonds is 9. The third-order valence-electron chi connectivity index (χ3n) is 7.89. The van der Waals surface area contributed by atoms with E-state index in [1.165, 1.54) is 25.3 Å². The van der Waals surface area contributed by atoms with Crippen LogP contribution in [-0.2, 0) is 11.3 Å². The lowest BCUT2D eigenvalue weighted by molar-refractivity contribution is -0.111. The molecule has 7 nitrogen and oxygen atoms in total. The summed E-state index contributed by atoms with van der Waals surface area (Å²) in [5.41, 5.74) is 6.12. The van der Waals surface area contributed by atoms with Crippen LogP contribution in [0.4, 0.5) is 11.4 Å². The monoisotopic (exact) mass is 540 g/mol. The molecule has 2 aromatic carbocycles. The Labute approximate surface area is 236 Å². The van der Waals surface area contributed by atoms with Gasteiger partial charge in [-0.3, -0.25) is 14.4 Å². The summed E-state index contributed by atoms with van der Waals surface area (Å²) >= 11 is 0. The topological polar surface area (TPSA) is 94.3 Å². The predicted octanol–water partition coefficient (Wildman–Crippen LogP) is 6.18. The first-order valence-corrected chi connectivity index (χ1v) is 14.2. The molecule has 3 aromatic rings. The number of anilines is 2. The normalized spacial score (nSPS) is 13.5. The summed E-state index contributed by atoms with van der Waals surface area (Å²) in [7, 11) is 0. The highest BCUT2D eigenvalue weighted by Crippen LogP contribution is 2.41. The lowest BCUT2D eigenvalue weighted by Gasteiger charge is -2.37. The van der Waals surface area contributed by atoms with Gasteiger partial charge >= 0.3 is 0 Å². The van der Waals surface area contributed by atoms with Gasteiger partial charge in [-0.1, -0.05) is 56.2 Å². The van der Waals surface area contributed by atoms with E-state index >= 15 is 0 Å². The van der Waals surface area contributed by atoms with Crippen LogP contribution in [0.25, 0.3) is 11.1 Å². The van der Waals surface area contributed by atoms with Gasteiger partial charge in [0.2, 0.25) is 5.91 Å². The number of hydrogen-bond acceptors (Lipinski definition) is 4. The van der Waals surface area contributed by atoms with E-state index in [2.05, 4.69) is 40.1 Å². The smallest absolute Gasteiger partial charge is 0.254 e. The Morgan fingerprint density at radius 3 is 2.40 bits per heavy atom. The van der Waals surface area contributed by atoms with E-state index in [1.807, 2.05) is 57.2 Å². The fourth-order valence-corrected chi connectivity index (χ4v) is 5.88. The lowest BCUT2D eigenvalue weighted by Crippen LogP contribution is -2.38. The molecule has 7 heteroatoms. The molecule has 0 atom stereocenters. The van der Waals surface area contributed by atoms with Crippen LogP contribution in [-0.4, -0.2) is 29.4 Å². The highest BCUT2D eigenvalue weighted by molar-refractivity contribution is 6.12. The molecule has 0 saturated heterocycles. The molecule has 0 bridgehead atoms. The van der Waals surface area contributed by atoms with E-state index in [0.717, 1.165) is 53.0 Å². The van der Waals surface area contributed by atoms with Gasteiger partial charge in [0.1, 0.15) is 0 Å². The molecule has 210 valence electrons. The first kappa shape index (κ1) is 28.9. The quantitative estimate of drug-likeness (QED) is 0.283. The van der Waals surface area contributed by atoms with Crippen LogP contribution >= 0.6 is 0 Å². The number of nitrogens with zero attached hydrogens (tertiary/aromatic N) is 1. The molecule has 1 aromatic heterocycles. The SMILES string of the molecule is C=CC(=O)Nc1c(-c2ccccc2)cc(N(CC)C2CCCCC2)c(C)c1C(=O)NCc1c(C)cc(C)[nH]c1=O. The van der Waals surface area contributed by atoms with Crippen LogP contribution < -0.4 is 21.1 Å². The predicted molar refractivity (Wildman–Crippen MR) is 163 cm³/mol. The van der Waals surface area contributed by atoms with Crippen molar-refractivity contribution in [3.05, 3.63) is 93.4 Å². The van der Waals surface area contributed by atoms with Gasteiger partial charge in [-0.2, -0.15) is 0 Å². The second-order valence-corrected chi connectivity index (χ2v) is 10.6. The molecule has 0 aliphatic heterocycles. The third kappa shape index (κ3) is 6.19. The highest BCUT2D eigenvalue weighted by atomic mass is 16.2. The van der Waals surface area contributed by atoms with Crippen molar-refractivity contribution in [2.75, 3.05) is 16.8 Å². The molecule has 1 aliphatic carbocycles. The first-order chi connectivity index (χ1) is 19.2. The summed E-state index contributed by atoms with van der Waals surface area (Å²) in [6, 6.07) is 14.2. The minimum Gasteiger partial charge on any atom is -0.369 e. The van der Waals surface area contributed by atoms with Gasteiger partial charge in [-0.05, 0) is 75.4 Å². The summed E-state index contributed by atoms with van der Waals surface area (Å²) in [6.45, 7) is 12.3. The zero-order valence-electron chi connectivity index (χ0n) is 24.0. The van der Waals surface area contributed by atoms with E-state index < -0.39 is 5.91 Å². The average molecular weight is 541 g/mol. The van der Waals surface area contributed by atoms with Crippen LogP contribution in [0.5, 0.6) is 0 Å². The van der Waals surface area contributed by atoms with Gasteiger partial charge < -0.3 is 20.5 Å². The maximum Gasteiger partial charge on any atom is 0.254 e. The number of benzene rings is 2. The molecule has 1 fully saturated rings. The molecule has 2 amide bonds. The molecular weight excluding hydrogens is 500 g/mol. The maximum atomic E-state index is 14.0. The Kier molecular flexibility index (Phi) is 9.25. The second-order valence-electron chi connectivity index (χ2n) is 10.6. The van der Waals surface area contributed by atoms with Crippen LogP contribution in [0.2, 0.25) is 0 Å². The zero-order chi connectivity index (χ0) is 28.8. The summed E-state index contributed by atoms with van der Waals surface area (Å²) in [6.07, 6.45) is 7.06. The molecule has 1 heterocycles. The Morgan fingerprint density at radius 1 is 1.07 bits per heavy atom. The Morgan fingerprint density at radius 2 is 1.77 bits per heavy atom. The summed E-state index contributed by atoms with van der Waals surface area (Å²) in [4.78, 5) is 44.5. The fourth-order valence-electron chi connectivity index (χ4n) is 5.88. The van der Waals surface area contributed by atoms with Gasteiger partial charge in [0, 0.05) is 41.6 Å². The van der Waals surface area contributed by atoms with Crippen LogP contribution in [0, 0.1) is 20.8 Å². The number of pyridine rings is 1. The molecule has 1 aliphatic rings. The van der Waals surface area contributed by atoms with Crippen molar-refractivity contribution in [2.45, 2.75) is 72.4 Å². The molecule has 0 unspecified atom stereocenters. The van der Waals surface area contributed by atoms with Crippen molar-refractivity contribution in [2.24, 2.45) is 0 Å². The minimum absolute atomic E-state index is 0.0690. The number of nitrogens with one attached hydrogen (secondary N) is 3. The molecular formula is C33H40N4O3. The fraction of sp³-hybridized carbons (Fsp3) is 0.364. The standard InChI is InChI=1S/C33H40N4O3/c1-6-29(38)36-31-26(24-14-10-8-11-15-24)19-28(37(7-2)25-16-12-9-13-17-25)23(5)30(31)33(40)34-20-27-21(3)18-22(4)35-32(27)39/h6,8,10-11,14-15,18-19,25H,1,7,9,12-13,16-17,20H2,2-5H3,(H,34,40)(H,35,39)(H,36,38). The van der Waals surface area contributed by atoms with Gasteiger partial charge in [-0.25, -0.2) is 0 Å². The lowest BCUT2D eigenvalue weighted by atomic mass is 9.90. The van der Waals surface area contributed by atoms with Crippen molar-refractivity contribution in [1.29, 1.82) is 0 Å². The number of carbonyl (C=O) groups excluding carboxylic acids is 2. The Balaban J connectivity index is 1.88. The molecule has 3 N–H and O–H groups in total. The number of hydrogen-bond donors (Lipinski definition) is 3. The van der Waals surface area contributed by atoms with Crippen molar-refractivity contribution in [3.63, 3.8) is 0 Å². The van der Waals surface area contributed by atoms with Crippen molar-refractivity contribution in [3.8, 4) is 11.1 Å². The van der Waals surface area contributed by atoms with Crippen LogP contribution in [0.3, 0.4) is 0 Å². The summed E-state index contributed by atoms with van der Waals surface area (Å²) in [5.74, 6) is -0.751.